The second-order valence-electron chi connectivity index (χ2n) is 7.25. The molecule has 2 aromatic heterocycles. The number of anilines is 1. The van der Waals surface area contributed by atoms with E-state index >= 15 is 0 Å². The molecule has 172 valence electrons. The summed E-state index contributed by atoms with van der Waals surface area (Å²) in [6.07, 6.45) is -7.96. The van der Waals surface area contributed by atoms with Crippen LogP contribution < -0.4 is 5.32 Å². The van der Waals surface area contributed by atoms with Gasteiger partial charge >= 0.3 is 12.4 Å². The number of nitrogens with one attached hydrogen (secondary N) is 1. The Labute approximate surface area is 182 Å². The lowest BCUT2D eigenvalue weighted by Gasteiger charge is -2.12. The van der Waals surface area contributed by atoms with E-state index in [0.29, 0.717) is 11.3 Å². The minimum absolute atomic E-state index is 0.0336. The number of halogens is 6. The van der Waals surface area contributed by atoms with Gasteiger partial charge in [-0.1, -0.05) is 18.2 Å². The maximum Gasteiger partial charge on any atom is 0.418 e. The van der Waals surface area contributed by atoms with Crippen LogP contribution in [0.1, 0.15) is 32.8 Å². The van der Waals surface area contributed by atoms with Crippen LogP contribution in [0.2, 0.25) is 0 Å². The van der Waals surface area contributed by atoms with E-state index in [1.165, 1.54) is 36.6 Å². The molecule has 33 heavy (non-hydrogen) atoms. The van der Waals surface area contributed by atoms with Gasteiger partial charge in [0.25, 0.3) is 5.91 Å². The van der Waals surface area contributed by atoms with Gasteiger partial charge in [0.15, 0.2) is 5.82 Å². The third-order valence-electron chi connectivity index (χ3n) is 5.02. The van der Waals surface area contributed by atoms with E-state index < -0.39 is 29.4 Å². The Morgan fingerprint density at radius 3 is 2.27 bits per heavy atom. The summed E-state index contributed by atoms with van der Waals surface area (Å²) < 4.78 is 85.7. The minimum Gasteiger partial charge on any atom is -0.469 e. The maximum absolute atomic E-state index is 13.7. The highest BCUT2D eigenvalue weighted by Crippen LogP contribution is 2.37. The Kier molecular flexibility index (Phi) is 5.43. The molecule has 2 heterocycles. The van der Waals surface area contributed by atoms with Crippen LogP contribution >= 0.6 is 0 Å². The predicted octanol–water partition coefficient (Wildman–Crippen LogP) is 6.28. The number of aryl methyl sites for hydroxylation is 1. The molecule has 0 bridgehead atoms. The summed E-state index contributed by atoms with van der Waals surface area (Å²) >= 11 is 0. The quantitative estimate of drug-likeness (QED) is 0.360. The second-order valence-corrected chi connectivity index (χ2v) is 7.25. The Bertz CT molecular complexity index is 1320. The van der Waals surface area contributed by atoms with Crippen molar-refractivity contribution in [1.29, 1.82) is 0 Å². The number of aromatic nitrogens is 2. The third-order valence-corrected chi connectivity index (χ3v) is 5.02. The molecule has 11 heteroatoms. The number of rotatable bonds is 4. The fourth-order valence-corrected chi connectivity index (χ4v) is 3.44. The van der Waals surface area contributed by atoms with Gasteiger partial charge in [0, 0.05) is 5.39 Å². The molecule has 0 unspecified atom stereocenters. The molecule has 0 aliphatic heterocycles. The molecule has 1 amide bonds. The second kappa shape index (κ2) is 7.98. The van der Waals surface area contributed by atoms with Crippen LogP contribution in [0.5, 0.6) is 0 Å². The van der Waals surface area contributed by atoms with Crippen molar-refractivity contribution < 1.29 is 35.6 Å². The first-order valence-electron chi connectivity index (χ1n) is 9.53. The number of hydrogen-bond acceptors (Lipinski definition) is 3. The number of carbonyl (C=O) groups excluding carboxylic acids is 1. The van der Waals surface area contributed by atoms with Gasteiger partial charge in [0.1, 0.15) is 5.76 Å². The van der Waals surface area contributed by atoms with Crippen LogP contribution in [0, 0.1) is 6.92 Å². The summed E-state index contributed by atoms with van der Waals surface area (Å²) in [5, 5.41) is 6.67. The van der Waals surface area contributed by atoms with E-state index in [1.54, 1.807) is 6.92 Å². The van der Waals surface area contributed by atoms with Crippen molar-refractivity contribution in [2.75, 3.05) is 5.32 Å². The summed E-state index contributed by atoms with van der Waals surface area (Å²) in [5.74, 6) is -0.426. The van der Waals surface area contributed by atoms with Crippen LogP contribution in [0.25, 0.3) is 10.9 Å². The summed E-state index contributed by atoms with van der Waals surface area (Å²) in [6.45, 7) is 1.31. The number of para-hydroxylation sites is 1. The summed E-state index contributed by atoms with van der Waals surface area (Å²) in [4.78, 5) is 12.6. The lowest BCUT2D eigenvalue weighted by molar-refractivity contribution is -0.138. The van der Waals surface area contributed by atoms with Crippen LogP contribution in [0.3, 0.4) is 0 Å². The monoisotopic (exact) mass is 467 g/mol. The van der Waals surface area contributed by atoms with Crippen molar-refractivity contribution in [3.8, 4) is 0 Å². The smallest absolute Gasteiger partial charge is 0.418 e. The summed E-state index contributed by atoms with van der Waals surface area (Å²) in [7, 11) is 0. The molecule has 5 nitrogen and oxygen atoms in total. The van der Waals surface area contributed by atoms with Crippen molar-refractivity contribution in [3.63, 3.8) is 0 Å². The standard InChI is InChI=1S/C22H15F6N3O2/c1-12-15(9-10-33-12)20(32)29-19-16-3-2-4-17(22(26,27)28)18(16)31(30-19)11-13-5-7-14(8-6-13)21(23,24)25/h2-10H,11H2,1H3,(H,29,30,32). The molecule has 4 aromatic rings. The molecule has 0 fully saturated rings. The van der Waals surface area contributed by atoms with Crippen molar-refractivity contribution in [2.24, 2.45) is 0 Å². The fourth-order valence-electron chi connectivity index (χ4n) is 3.44. The first kappa shape index (κ1) is 22.4. The Morgan fingerprint density at radius 2 is 1.70 bits per heavy atom. The molecule has 0 radical (unpaired) electrons. The van der Waals surface area contributed by atoms with E-state index in [0.717, 1.165) is 22.9 Å². The number of alkyl halides is 6. The zero-order valence-corrected chi connectivity index (χ0v) is 16.9. The fraction of sp³-hybridized carbons (Fsp3) is 0.182. The highest BCUT2D eigenvalue weighted by atomic mass is 19.4. The number of carbonyl (C=O) groups is 1. The van der Waals surface area contributed by atoms with E-state index in [-0.39, 0.29) is 28.8 Å². The molecule has 1 N–H and O–H groups in total. The molecule has 0 saturated heterocycles. The first-order chi connectivity index (χ1) is 15.4. The van der Waals surface area contributed by atoms with Crippen LogP contribution in [0.15, 0.2) is 59.2 Å². The lowest BCUT2D eigenvalue weighted by atomic mass is 10.1. The summed E-state index contributed by atoms with van der Waals surface area (Å²) in [6, 6.07) is 8.87. The Morgan fingerprint density at radius 1 is 1.00 bits per heavy atom. The Balaban J connectivity index is 1.78. The SMILES string of the molecule is Cc1occc1C(=O)Nc1nn(Cc2ccc(C(F)(F)F)cc2)c2c(C(F)(F)F)cccc12. The van der Waals surface area contributed by atoms with Crippen molar-refractivity contribution in [2.45, 2.75) is 25.8 Å². The lowest BCUT2D eigenvalue weighted by Crippen LogP contribution is -2.13. The first-order valence-corrected chi connectivity index (χ1v) is 9.53. The van der Waals surface area contributed by atoms with Gasteiger partial charge < -0.3 is 9.73 Å². The van der Waals surface area contributed by atoms with Crippen molar-refractivity contribution >= 4 is 22.6 Å². The largest absolute Gasteiger partial charge is 0.469 e. The molecule has 0 aliphatic rings. The maximum atomic E-state index is 13.7. The molecule has 2 aromatic carbocycles. The van der Waals surface area contributed by atoms with Gasteiger partial charge in [-0.25, -0.2) is 0 Å². The van der Waals surface area contributed by atoms with E-state index in [1.807, 2.05) is 0 Å². The number of fused-ring (bicyclic) bond motifs is 1. The van der Waals surface area contributed by atoms with Gasteiger partial charge in [-0.15, -0.1) is 0 Å². The number of nitrogens with zero attached hydrogens (tertiary/aromatic N) is 2. The van der Waals surface area contributed by atoms with Gasteiger partial charge in [0.2, 0.25) is 0 Å². The van der Waals surface area contributed by atoms with Gasteiger partial charge in [0.05, 0.1) is 35.0 Å². The third kappa shape index (κ3) is 4.43. The molecule has 0 spiro atoms. The molecular weight excluding hydrogens is 452 g/mol. The zero-order chi connectivity index (χ0) is 24.0. The molecule has 0 saturated carbocycles. The molecule has 0 aliphatic carbocycles. The predicted molar refractivity (Wildman–Crippen MR) is 107 cm³/mol. The van der Waals surface area contributed by atoms with Gasteiger partial charge in [-0.2, -0.15) is 31.4 Å². The van der Waals surface area contributed by atoms with Crippen molar-refractivity contribution in [3.05, 3.63) is 82.8 Å². The summed E-state index contributed by atoms with van der Waals surface area (Å²) in [5.41, 5.74) is -1.68. The van der Waals surface area contributed by atoms with E-state index in [2.05, 4.69) is 10.4 Å². The normalized spacial score (nSPS) is 12.3. The van der Waals surface area contributed by atoms with E-state index in [9.17, 15) is 31.1 Å². The van der Waals surface area contributed by atoms with Gasteiger partial charge in [-0.05, 0) is 42.8 Å². The number of furan rings is 1. The van der Waals surface area contributed by atoms with E-state index in [4.69, 9.17) is 4.42 Å². The highest BCUT2D eigenvalue weighted by Gasteiger charge is 2.35. The van der Waals surface area contributed by atoms with Crippen LogP contribution in [-0.2, 0) is 18.9 Å². The highest BCUT2D eigenvalue weighted by molar-refractivity contribution is 6.08. The molecular formula is C22H15F6N3O2. The zero-order valence-electron chi connectivity index (χ0n) is 16.9. The van der Waals surface area contributed by atoms with Crippen LogP contribution in [0.4, 0.5) is 32.2 Å². The number of benzene rings is 2. The van der Waals surface area contributed by atoms with Gasteiger partial charge in [-0.3, -0.25) is 9.48 Å². The topological polar surface area (TPSA) is 60.1 Å². The number of hydrogen-bond donors (Lipinski definition) is 1. The number of amides is 1. The average Bonchev–Trinajstić information content (AvgIpc) is 3.31. The Hall–Kier alpha value is -3.76. The minimum atomic E-state index is -4.72. The van der Waals surface area contributed by atoms with Crippen LogP contribution in [-0.4, -0.2) is 15.7 Å². The molecule has 4 rings (SSSR count). The molecule has 0 atom stereocenters. The van der Waals surface area contributed by atoms with Crippen molar-refractivity contribution in [1.82, 2.24) is 9.78 Å². The average molecular weight is 467 g/mol.